The molecular weight excluding hydrogens is 233 g/mol. The molecule has 0 N–H and O–H groups in total. The number of ether oxygens (including phenoxy) is 1. The highest BCUT2D eigenvalue weighted by atomic mass is 19.1. The van der Waals surface area contributed by atoms with Gasteiger partial charge in [0.05, 0.1) is 30.0 Å². The van der Waals surface area contributed by atoms with Gasteiger partial charge in [0.1, 0.15) is 5.82 Å². The Hall–Kier alpha value is -1.42. The molecule has 0 amide bonds. The zero-order valence-electron chi connectivity index (χ0n) is 10.1. The molecule has 1 saturated carbocycles. The zero-order valence-corrected chi connectivity index (χ0v) is 10.1. The second-order valence-electron chi connectivity index (χ2n) is 4.89. The number of hydrogen-bond acceptors (Lipinski definition) is 3. The van der Waals surface area contributed by atoms with E-state index in [1.54, 1.807) is 6.07 Å². The molecule has 0 radical (unpaired) electrons. The first-order chi connectivity index (χ1) is 8.81. The largest absolute Gasteiger partial charge is 0.374 e. The Morgan fingerprint density at radius 1 is 1.39 bits per heavy atom. The molecular formula is C14H16FNO2. The molecule has 1 aliphatic carbocycles. The minimum atomic E-state index is -0.441. The van der Waals surface area contributed by atoms with Crippen LogP contribution in [0.3, 0.4) is 0 Å². The Kier molecular flexibility index (Phi) is 3.04. The summed E-state index contributed by atoms with van der Waals surface area (Å²) >= 11 is 0. The van der Waals surface area contributed by atoms with Gasteiger partial charge in [0.25, 0.3) is 0 Å². The SMILES string of the molecule is O=Cc1c(F)cccc1N1CCOC2CCCC21. The number of benzene rings is 1. The molecule has 2 unspecified atom stereocenters. The average Bonchev–Trinajstić information content (AvgIpc) is 2.86. The van der Waals surface area contributed by atoms with Crippen molar-refractivity contribution in [2.75, 3.05) is 18.1 Å². The number of nitrogens with zero attached hydrogens (tertiary/aromatic N) is 1. The van der Waals surface area contributed by atoms with Crippen molar-refractivity contribution in [3.63, 3.8) is 0 Å². The van der Waals surface area contributed by atoms with Gasteiger partial charge in [0.15, 0.2) is 6.29 Å². The number of carbonyl (C=O) groups excluding carboxylic acids is 1. The first-order valence-electron chi connectivity index (χ1n) is 6.43. The minimum Gasteiger partial charge on any atom is -0.374 e. The van der Waals surface area contributed by atoms with E-state index in [9.17, 15) is 9.18 Å². The number of anilines is 1. The number of aldehydes is 1. The number of hydrogen-bond donors (Lipinski definition) is 0. The van der Waals surface area contributed by atoms with Gasteiger partial charge >= 0.3 is 0 Å². The van der Waals surface area contributed by atoms with Crippen molar-refractivity contribution < 1.29 is 13.9 Å². The molecule has 3 nitrogen and oxygen atoms in total. The third kappa shape index (κ3) is 1.81. The second-order valence-corrected chi connectivity index (χ2v) is 4.89. The summed E-state index contributed by atoms with van der Waals surface area (Å²) in [5, 5.41) is 0. The van der Waals surface area contributed by atoms with E-state index in [0.717, 1.165) is 25.8 Å². The molecule has 1 aliphatic heterocycles. The van der Waals surface area contributed by atoms with Crippen LogP contribution >= 0.6 is 0 Å². The van der Waals surface area contributed by atoms with Gasteiger partial charge in [-0.3, -0.25) is 4.79 Å². The smallest absolute Gasteiger partial charge is 0.155 e. The van der Waals surface area contributed by atoms with Gasteiger partial charge in [0.2, 0.25) is 0 Å². The normalized spacial score (nSPS) is 27.1. The highest BCUT2D eigenvalue weighted by Gasteiger charge is 2.37. The minimum absolute atomic E-state index is 0.171. The van der Waals surface area contributed by atoms with Crippen molar-refractivity contribution >= 4 is 12.0 Å². The Balaban J connectivity index is 1.98. The van der Waals surface area contributed by atoms with Gasteiger partial charge < -0.3 is 9.64 Å². The van der Waals surface area contributed by atoms with Crippen molar-refractivity contribution in [1.82, 2.24) is 0 Å². The maximum absolute atomic E-state index is 13.7. The molecule has 1 heterocycles. The van der Waals surface area contributed by atoms with Crippen molar-refractivity contribution in [2.24, 2.45) is 0 Å². The fourth-order valence-electron chi connectivity index (χ4n) is 3.12. The van der Waals surface area contributed by atoms with Gasteiger partial charge in [-0.2, -0.15) is 0 Å². The summed E-state index contributed by atoms with van der Waals surface area (Å²) in [6.45, 7) is 1.38. The van der Waals surface area contributed by atoms with E-state index in [1.807, 2.05) is 6.07 Å². The molecule has 2 aliphatic rings. The van der Waals surface area contributed by atoms with Crippen molar-refractivity contribution in [3.05, 3.63) is 29.6 Å². The lowest BCUT2D eigenvalue weighted by atomic mass is 10.1. The quantitative estimate of drug-likeness (QED) is 0.754. The summed E-state index contributed by atoms with van der Waals surface area (Å²) in [5.74, 6) is -0.441. The monoisotopic (exact) mass is 249 g/mol. The van der Waals surface area contributed by atoms with Crippen molar-refractivity contribution in [1.29, 1.82) is 0 Å². The topological polar surface area (TPSA) is 29.5 Å². The molecule has 96 valence electrons. The highest BCUT2D eigenvalue weighted by molar-refractivity contribution is 5.85. The Morgan fingerprint density at radius 3 is 3.11 bits per heavy atom. The summed E-state index contributed by atoms with van der Waals surface area (Å²) in [6.07, 6.45) is 4.11. The standard InChI is InChI=1S/C14H16FNO2/c15-11-3-1-4-12(10(11)9-17)16-7-8-18-14-6-2-5-13(14)16/h1,3-4,9,13-14H,2,5-8H2. The molecule has 1 aromatic rings. The van der Waals surface area contributed by atoms with Crippen LogP contribution in [0.25, 0.3) is 0 Å². The molecule has 2 fully saturated rings. The molecule has 4 heteroatoms. The van der Waals surface area contributed by atoms with E-state index in [0.29, 0.717) is 24.6 Å². The van der Waals surface area contributed by atoms with Crippen molar-refractivity contribution in [3.8, 4) is 0 Å². The van der Waals surface area contributed by atoms with E-state index in [-0.39, 0.29) is 11.7 Å². The molecule has 1 saturated heterocycles. The Bertz CT molecular complexity index is 463. The zero-order chi connectivity index (χ0) is 12.5. The van der Waals surface area contributed by atoms with E-state index in [2.05, 4.69) is 4.90 Å². The van der Waals surface area contributed by atoms with Gasteiger partial charge in [-0.25, -0.2) is 4.39 Å². The van der Waals surface area contributed by atoms with Gasteiger partial charge in [-0.05, 0) is 31.4 Å². The maximum atomic E-state index is 13.7. The van der Waals surface area contributed by atoms with Crippen LogP contribution in [-0.4, -0.2) is 31.6 Å². The van der Waals surface area contributed by atoms with Crippen molar-refractivity contribution in [2.45, 2.75) is 31.4 Å². The van der Waals surface area contributed by atoms with Gasteiger partial charge in [0, 0.05) is 6.54 Å². The first kappa shape index (κ1) is 11.7. The summed E-state index contributed by atoms with van der Waals surface area (Å²) < 4.78 is 19.4. The predicted octanol–water partition coefficient (Wildman–Crippen LogP) is 2.40. The third-order valence-electron chi connectivity index (χ3n) is 3.94. The van der Waals surface area contributed by atoms with E-state index >= 15 is 0 Å². The second kappa shape index (κ2) is 4.69. The molecule has 0 aromatic heterocycles. The van der Waals surface area contributed by atoms with Crippen LogP contribution in [-0.2, 0) is 4.74 Å². The number of rotatable bonds is 2. The summed E-state index contributed by atoms with van der Waals surface area (Å²) in [5.41, 5.74) is 0.884. The van der Waals surface area contributed by atoms with E-state index in [4.69, 9.17) is 4.74 Å². The number of carbonyl (C=O) groups is 1. The number of halogens is 1. The van der Waals surface area contributed by atoms with E-state index in [1.165, 1.54) is 6.07 Å². The van der Waals surface area contributed by atoms with Crippen LogP contribution in [0, 0.1) is 5.82 Å². The van der Waals surface area contributed by atoms with Crippen LogP contribution in [0.5, 0.6) is 0 Å². The summed E-state index contributed by atoms with van der Waals surface area (Å²) in [4.78, 5) is 13.2. The fraction of sp³-hybridized carbons (Fsp3) is 0.500. The van der Waals surface area contributed by atoms with Gasteiger partial charge in [-0.15, -0.1) is 0 Å². The lowest BCUT2D eigenvalue weighted by molar-refractivity contribution is 0.0255. The molecule has 18 heavy (non-hydrogen) atoms. The number of fused-ring (bicyclic) bond motifs is 1. The lowest BCUT2D eigenvalue weighted by Gasteiger charge is -2.39. The predicted molar refractivity (Wildman–Crippen MR) is 66.5 cm³/mol. The number of morpholine rings is 1. The maximum Gasteiger partial charge on any atom is 0.155 e. The van der Waals surface area contributed by atoms with Crippen LogP contribution in [0.4, 0.5) is 10.1 Å². The third-order valence-corrected chi connectivity index (χ3v) is 3.94. The molecule has 3 rings (SSSR count). The van der Waals surface area contributed by atoms with Crippen LogP contribution in [0.1, 0.15) is 29.6 Å². The van der Waals surface area contributed by atoms with Crippen LogP contribution in [0.2, 0.25) is 0 Å². The Labute approximate surface area is 106 Å². The fourth-order valence-corrected chi connectivity index (χ4v) is 3.12. The van der Waals surface area contributed by atoms with Crippen LogP contribution < -0.4 is 4.90 Å². The highest BCUT2D eigenvalue weighted by Crippen LogP contribution is 2.34. The van der Waals surface area contributed by atoms with E-state index < -0.39 is 5.82 Å². The van der Waals surface area contributed by atoms with Crippen LogP contribution in [0.15, 0.2) is 18.2 Å². The molecule has 0 spiro atoms. The molecule has 2 atom stereocenters. The molecule has 1 aromatic carbocycles. The first-order valence-corrected chi connectivity index (χ1v) is 6.43. The summed E-state index contributed by atoms with van der Waals surface area (Å²) in [7, 11) is 0. The lowest BCUT2D eigenvalue weighted by Crippen LogP contribution is -2.49. The molecule has 0 bridgehead atoms. The Morgan fingerprint density at radius 2 is 2.28 bits per heavy atom. The van der Waals surface area contributed by atoms with Gasteiger partial charge in [-0.1, -0.05) is 6.07 Å². The summed E-state index contributed by atoms with van der Waals surface area (Å²) in [6, 6.07) is 5.11. The average molecular weight is 249 g/mol.